The highest BCUT2D eigenvalue weighted by Crippen LogP contribution is 2.46. The minimum Gasteiger partial charge on any atom is -0.350 e. The third-order valence-corrected chi connectivity index (χ3v) is 3.02. The minimum absolute atomic E-state index is 0.0246. The topological polar surface area (TPSA) is 15.8 Å². The summed E-state index contributed by atoms with van der Waals surface area (Å²) in [6.45, 7) is 0. The van der Waals surface area contributed by atoms with Gasteiger partial charge < -0.3 is 4.98 Å². The predicted molar refractivity (Wildman–Crippen MR) is 55.2 cm³/mol. The molecule has 0 fully saturated rings. The Labute approximate surface area is 101 Å². The van der Waals surface area contributed by atoms with Gasteiger partial charge in [0.25, 0.3) is 0 Å². The van der Waals surface area contributed by atoms with E-state index in [4.69, 9.17) is 0 Å². The second-order valence-electron chi connectivity index (χ2n) is 3.42. The zero-order valence-corrected chi connectivity index (χ0v) is 9.30. The third-order valence-electron chi connectivity index (χ3n) is 2.16. The van der Waals surface area contributed by atoms with E-state index in [9.17, 15) is 26.3 Å². The Kier molecular flexibility index (Phi) is 3.00. The van der Waals surface area contributed by atoms with Crippen LogP contribution in [0.4, 0.5) is 26.3 Å². The lowest BCUT2D eigenvalue weighted by atomic mass is 10.2. The monoisotopic (exact) mass is 285 g/mol. The first-order chi connectivity index (χ1) is 8.18. The van der Waals surface area contributed by atoms with Crippen LogP contribution in [0.1, 0.15) is 5.69 Å². The quantitative estimate of drug-likeness (QED) is 0.588. The Morgan fingerprint density at radius 3 is 2.11 bits per heavy atom. The number of nitrogens with one attached hydrogen (secondary N) is 1. The number of thioether (sulfide) groups is 1. The summed E-state index contributed by atoms with van der Waals surface area (Å²) in [7, 11) is 0. The number of rotatable bonds is 1. The number of halogens is 6. The van der Waals surface area contributed by atoms with E-state index >= 15 is 0 Å². The molecule has 0 aliphatic rings. The van der Waals surface area contributed by atoms with Gasteiger partial charge >= 0.3 is 11.7 Å². The van der Waals surface area contributed by atoms with Crippen molar-refractivity contribution < 1.29 is 26.3 Å². The lowest BCUT2D eigenvalue weighted by Crippen LogP contribution is -2.09. The maximum absolute atomic E-state index is 12.6. The summed E-state index contributed by atoms with van der Waals surface area (Å²) < 4.78 is 74.8. The number of H-pyrrole nitrogens is 1. The van der Waals surface area contributed by atoms with E-state index in [-0.39, 0.29) is 10.9 Å². The summed E-state index contributed by atoms with van der Waals surface area (Å²) in [6, 6.07) is 5.35. The van der Waals surface area contributed by atoms with Gasteiger partial charge in [-0.25, -0.2) is 0 Å². The summed E-state index contributed by atoms with van der Waals surface area (Å²) in [5.74, 6) is 0. The zero-order chi connectivity index (χ0) is 13.6. The van der Waals surface area contributed by atoms with Crippen LogP contribution in [-0.4, -0.2) is 10.5 Å². The lowest BCUT2D eigenvalue weighted by Gasteiger charge is -2.09. The molecule has 0 aliphatic heterocycles. The Morgan fingerprint density at radius 1 is 0.944 bits per heavy atom. The van der Waals surface area contributed by atoms with E-state index in [1.165, 1.54) is 24.3 Å². The SMILES string of the molecule is FC(F)(F)Sc1c(C(F)(F)F)[nH]c2ccccc12. The molecule has 2 aromatic rings. The lowest BCUT2D eigenvalue weighted by molar-refractivity contribution is -0.142. The van der Waals surface area contributed by atoms with Crippen LogP contribution in [-0.2, 0) is 6.18 Å². The van der Waals surface area contributed by atoms with E-state index in [0.29, 0.717) is 0 Å². The maximum atomic E-state index is 12.6. The normalized spacial score (nSPS) is 13.2. The van der Waals surface area contributed by atoms with Gasteiger partial charge in [-0.05, 0) is 17.8 Å². The van der Waals surface area contributed by atoms with E-state index in [0.717, 1.165) is 0 Å². The summed E-state index contributed by atoms with van der Waals surface area (Å²) >= 11 is -0.761. The first kappa shape index (κ1) is 13.1. The van der Waals surface area contributed by atoms with Crippen molar-refractivity contribution in [3.8, 4) is 0 Å². The smallest absolute Gasteiger partial charge is 0.350 e. The molecular weight excluding hydrogens is 280 g/mol. The van der Waals surface area contributed by atoms with Crippen molar-refractivity contribution in [2.75, 3.05) is 0 Å². The molecule has 98 valence electrons. The second-order valence-corrected chi connectivity index (χ2v) is 4.50. The van der Waals surface area contributed by atoms with Crippen molar-refractivity contribution in [2.24, 2.45) is 0 Å². The van der Waals surface area contributed by atoms with E-state index in [1.807, 2.05) is 4.98 Å². The second kappa shape index (κ2) is 4.11. The highest BCUT2D eigenvalue weighted by Gasteiger charge is 2.41. The maximum Gasteiger partial charge on any atom is 0.446 e. The summed E-state index contributed by atoms with van der Waals surface area (Å²) in [6.07, 6.45) is -4.85. The average Bonchev–Trinajstić information content (AvgIpc) is 2.55. The average molecular weight is 285 g/mol. The van der Waals surface area contributed by atoms with Gasteiger partial charge in [-0.2, -0.15) is 26.3 Å². The molecule has 0 amide bonds. The molecule has 18 heavy (non-hydrogen) atoms. The molecular formula is C10H5F6NS. The summed E-state index contributed by atoms with van der Waals surface area (Å²) in [5.41, 5.74) is -6.12. The van der Waals surface area contributed by atoms with E-state index in [2.05, 4.69) is 0 Å². The highest BCUT2D eigenvalue weighted by atomic mass is 32.2. The molecule has 1 nitrogen and oxygen atoms in total. The van der Waals surface area contributed by atoms with Gasteiger partial charge in [0, 0.05) is 10.9 Å². The van der Waals surface area contributed by atoms with E-state index < -0.39 is 34.0 Å². The number of fused-ring (bicyclic) bond motifs is 1. The number of hydrogen-bond acceptors (Lipinski definition) is 1. The van der Waals surface area contributed by atoms with Crippen LogP contribution >= 0.6 is 11.8 Å². The molecule has 1 N–H and O–H groups in total. The molecule has 0 spiro atoms. The number of aromatic nitrogens is 1. The molecule has 0 unspecified atom stereocenters. The number of aromatic amines is 1. The molecule has 1 aromatic heterocycles. The summed E-state index contributed by atoms with van der Waals surface area (Å²) in [5, 5.41) is -0.0906. The molecule has 1 aromatic carbocycles. The Hall–Kier alpha value is -1.31. The number of alkyl halides is 6. The van der Waals surface area contributed by atoms with Gasteiger partial charge in [0.2, 0.25) is 0 Å². The van der Waals surface area contributed by atoms with Gasteiger partial charge in [-0.15, -0.1) is 0 Å². The molecule has 8 heteroatoms. The molecule has 0 saturated carbocycles. The highest BCUT2D eigenvalue weighted by molar-refractivity contribution is 8.00. The molecule has 2 rings (SSSR count). The van der Waals surface area contributed by atoms with Crippen molar-refractivity contribution in [2.45, 2.75) is 16.6 Å². The molecule has 0 saturated heterocycles. The van der Waals surface area contributed by atoms with Gasteiger partial charge in [0.1, 0.15) is 5.69 Å². The van der Waals surface area contributed by atoms with Crippen LogP contribution in [0.25, 0.3) is 10.9 Å². The van der Waals surface area contributed by atoms with Crippen molar-refractivity contribution >= 4 is 22.7 Å². The van der Waals surface area contributed by atoms with Crippen LogP contribution in [0.15, 0.2) is 29.2 Å². The largest absolute Gasteiger partial charge is 0.446 e. The van der Waals surface area contributed by atoms with Crippen LogP contribution in [0, 0.1) is 0 Å². The van der Waals surface area contributed by atoms with Crippen LogP contribution < -0.4 is 0 Å². The van der Waals surface area contributed by atoms with Crippen LogP contribution in [0.2, 0.25) is 0 Å². The standard InChI is InChI=1S/C10H5F6NS/c11-9(12,13)8-7(18-10(14,15)16)5-3-1-2-4-6(5)17-8/h1-4,17H. The Balaban J connectivity index is 2.66. The summed E-state index contributed by atoms with van der Waals surface area (Å²) in [4.78, 5) is 1.14. The fraction of sp³-hybridized carbons (Fsp3) is 0.200. The molecule has 0 bridgehead atoms. The third kappa shape index (κ3) is 2.58. The fourth-order valence-corrected chi connectivity index (χ4v) is 2.33. The molecule has 1 heterocycles. The van der Waals surface area contributed by atoms with Gasteiger partial charge in [-0.1, -0.05) is 18.2 Å². The van der Waals surface area contributed by atoms with Gasteiger partial charge in [0.15, 0.2) is 0 Å². The number of para-hydroxylation sites is 1. The van der Waals surface area contributed by atoms with Crippen molar-refractivity contribution in [1.82, 2.24) is 4.98 Å². The van der Waals surface area contributed by atoms with Gasteiger partial charge in [0.05, 0.1) is 4.90 Å². The molecule has 0 aliphatic carbocycles. The first-order valence-corrected chi connectivity index (χ1v) is 5.44. The van der Waals surface area contributed by atoms with Gasteiger partial charge in [-0.3, -0.25) is 0 Å². The fourth-order valence-electron chi connectivity index (χ4n) is 1.54. The van der Waals surface area contributed by atoms with Crippen molar-refractivity contribution in [3.63, 3.8) is 0 Å². The minimum atomic E-state index is -4.85. The predicted octanol–water partition coefficient (Wildman–Crippen LogP) is 4.80. The Bertz CT molecular complexity index is 568. The van der Waals surface area contributed by atoms with Crippen LogP contribution in [0.3, 0.4) is 0 Å². The number of benzene rings is 1. The Morgan fingerprint density at radius 2 is 1.56 bits per heavy atom. The zero-order valence-electron chi connectivity index (χ0n) is 8.49. The number of hydrogen-bond donors (Lipinski definition) is 1. The van der Waals surface area contributed by atoms with E-state index in [1.54, 1.807) is 0 Å². The molecule has 0 atom stereocenters. The van der Waals surface area contributed by atoms with Crippen molar-refractivity contribution in [1.29, 1.82) is 0 Å². The van der Waals surface area contributed by atoms with Crippen LogP contribution in [0.5, 0.6) is 0 Å². The van der Waals surface area contributed by atoms with Crippen molar-refractivity contribution in [3.05, 3.63) is 30.0 Å². The molecule has 0 radical (unpaired) electrons. The first-order valence-electron chi connectivity index (χ1n) is 4.62.